The zero-order chi connectivity index (χ0) is 23.3. The van der Waals surface area contributed by atoms with Gasteiger partial charge >= 0.3 is 0 Å². The molecule has 32 heavy (non-hydrogen) atoms. The number of nitrogens with zero attached hydrogens (tertiary/aromatic N) is 1. The van der Waals surface area contributed by atoms with Gasteiger partial charge in [-0.15, -0.1) is 0 Å². The Morgan fingerprint density at radius 3 is 2.31 bits per heavy atom. The molecule has 1 aliphatic rings. The maximum Gasteiger partial charge on any atom is 0.294 e. The molecule has 3 amide bonds. The van der Waals surface area contributed by atoms with Crippen LogP contribution < -0.4 is 10.1 Å². The van der Waals surface area contributed by atoms with Crippen LogP contribution in [0.25, 0.3) is 6.08 Å². The Kier molecular flexibility index (Phi) is 7.75. The fraction of sp³-hybridized carbons (Fsp3) is 0.320. The lowest BCUT2D eigenvalue weighted by molar-refractivity contribution is -0.127. The summed E-state index contributed by atoms with van der Waals surface area (Å²) in [6.45, 7) is 7.92. The van der Waals surface area contributed by atoms with Gasteiger partial charge in [0.15, 0.2) is 0 Å². The smallest absolute Gasteiger partial charge is 0.294 e. The van der Waals surface area contributed by atoms with E-state index in [0.29, 0.717) is 16.5 Å². The molecule has 0 spiro atoms. The Morgan fingerprint density at radius 2 is 1.72 bits per heavy atom. The third-order valence-electron chi connectivity index (χ3n) is 5.13. The number of anilines is 1. The van der Waals surface area contributed by atoms with E-state index in [4.69, 9.17) is 4.74 Å². The van der Waals surface area contributed by atoms with Crippen molar-refractivity contribution in [3.63, 3.8) is 0 Å². The normalized spacial score (nSPS) is 16.0. The quantitative estimate of drug-likeness (QED) is 0.523. The van der Waals surface area contributed by atoms with Crippen LogP contribution in [-0.2, 0) is 9.59 Å². The first-order chi connectivity index (χ1) is 15.3. The number of thioether (sulfide) groups is 1. The van der Waals surface area contributed by atoms with Gasteiger partial charge in [-0.25, -0.2) is 0 Å². The Balaban J connectivity index is 1.62. The van der Waals surface area contributed by atoms with Crippen molar-refractivity contribution in [1.29, 1.82) is 0 Å². The van der Waals surface area contributed by atoms with E-state index in [0.717, 1.165) is 34.4 Å². The number of hydrogen-bond donors (Lipinski definition) is 1. The first-order valence-corrected chi connectivity index (χ1v) is 11.5. The highest BCUT2D eigenvalue weighted by Gasteiger charge is 2.36. The first-order valence-electron chi connectivity index (χ1n) is 10.7. The lowest BCUT2D eigenvalue weighted by Gasteiger charge is -2.13. The number of amides is 3. The summed E-state index contributed by atoms with van der Waals surface area (Å²) in [5.74, 6) is 0.260. The molecule has 1 fully saturated rings. The zero-order valence-electron chi connectivity index (χ0n) is 18.8. The standard InChI is InChI=1S/C25H28N2O4S/c1-5-17(4)31-21-12-6-18(7-13-21)14-22-24(29)27(25(30)32-22)15-23(28)26-20-10-8-19(9-11-20)16(2)3/h6-14,16-17H,5,15H2,1-4H3,(H,26,28)/b22-14-/t17-/m0/s1. The molecule has 1 aliphatic heterocycles. The Labute approximate surface area is 193 Å². The molecule has 3 rings (SSSR count). The summed E-state index contributed by atoms with van der Waals surface area (Å²) in [6, 6.07) is 14.9. The average molecular weight is 453 g/mol. The van der Waals surface area contributed by atoms with Gasteiger partial charge in [-0.3, -0.25) is 19.3 Å². The third-order valence-corrected chi connectivity index (χ3v) is 6.03. The first kappa shape index (κ1) is 23.6. The van der Waals surface area contributed by atoms with Gasteiger partial charge in [0.05, 0.1) is 11.0 Å². The highest BCUT2D eigenvalue weighted by atomic mass is 32.2. The highest BCUT2D eigenvalue weighted by molar-refractivity contribution is 8.18. The number of rotatable bonds is 8. The summed E-state index contributed by atoms with van der Waals surface area (Å²) in [7, 11) is 0. The minimum absolute atomic E-state index is 0.122. The molecule has 7 heteroatoms. The van der Waals surface area contributed by atoms with Crippen LogP contribution in [-0.4, -0.2) is 34.6 Å². The van der Waals surface area contributed by atoms with Gasteiger partial charge in [0.2, 0.25) is 5.91 Å². The molecule has 168 valence electrons. The predicted octanol–water partition coefficient (Wildman–Crippen LogP) is 5.66. The lowest BCUT2D eigenvalue weighted by Crippen LogP contribution is -2.36. The number of imide groups is 1. The van der Waals surface area contributed by atoms with Gasteiger partial charge in [-0.1, -0.05) is 45.0 Å². The van der Waals surface area contributed by atoms with Crippen molar-refractivity contribution in [3.8, 4) is 5.75 Å². The minimum Gasteiger partial charge on any atom is -0.491 e. The van der Waals surface area contributed by atoms with Gasteiger partial charge in [-0.05, 0) is 72.5 Å². The molecule has 1 saturated heterocycles. The summed E-state index contributed by atoms with van der Waals surface area (Å²) >= 11 is 0.836. The van der Waals surface area contributed by atoms with E-state index >= 15 is 0 Å². The van der Waals surface area contributed by atoms with Gasteiger partial charge in [0.25, 0.3) is 11.1 Å². The second-order valence-corrected chi connectivity index (χ2v) is 8.99. The molecule has 6 nitrogen and oxygen atoms in total. The average Bonchev–Trinajstić information content (AvgIpc) is 3.02. The van der Waals surface area contributed by atoms with Crippen LogP contribution >= 0.6 is 11.8 Å². The molecule has 0 aromatic heterocycles. The molecule has 0 saturated carbocycles. The maximum absolute atomic E-state index is 12.7. The summed E-state index contributed by atoms with van der Waals surface area (Å²) in [4.78, 5) is 38.7. The molecule has 1 heterocycles. The number of ether oxygens (including phenoxy) is 1. The SMILES string of the molecule is CC[C@H](C)Oc1ccc(/C=C2\SC(=O)N(CC(=O)Nc3ccc(C(C)C)cc3)C2=O)cc1. The second-order valence-electron chi connectivity index (χ2n) is 8.00. The third kappa shape index (κ3) is 6.01. The molecule has 2 aromatic carbocycles. The topological polar surface area (TPSA) is 75.7 Å². The van der Waals surface area contributed by atoms with E-state index in [9.17, 15) is 14.4 Å². The predicted molar refractivity (Wildman–Crippen MR) is 129 cm³/mol. The van der Waals surface area contributed by atoms with Crippen molar-refractivity contribution in [1.82, 2.24) is 4.90 Å². The van der Waals surface area contributed by atoms with Crippen molar-refractivity contribution in [2.45, 2.75) is 46.1 Å². The highest BCUT2D eigenvalue weighted by Crippen LogP contribution is 2.32. The van der Waals surface area contributed by atoms with Crippen LogP contribution in [0.5, 0.6) is 5.75 Å². The van der Waals surface area contributed by atoms with Crippen LogP contribution in [0.4, 0.5) is 10.5 Å². The fourth-order valence-corrected chi connectivity index (χ4v) is 3.88. The van der Waals surface area contributed by atoms with Crippen molar-refractivity contribution in [3.05, 3.63) is 64.6 Å². The monoisotopic (exact) mass is 452 g/mol. The minimum atomic E-state index is -0.467. The van der Waals surface area contributed by atoms with Crippen molar-refractivity contribution >= 4 is 40.6 Å². The van der Waals surface area contributed by atoms with Gasteiger partial charge < -0.3 is 10.1 Å². The summed E-state index contributed by atoms with van der Waals surface area (Å²) in [5.41, 5.74) is 2.57. The van der Waals surface area contributed by atoms with Crippen molar-refractivity contribution in [2.75, 3.05) is 11.9 Å². The number of hydrogen-bond acceptors (Lipinski definition) is 5. The van der Waals surface area contributed by atoms with E-state index in [2.05, 4.69) is 26.1 Å². The molecular formula is C25H28N2O4S. The van der Waals surface area contributed by atoms with Crippen LogP contribution in [0, 0.1) is 0 Å². The van der Waals surface area contributed by atoms with Gasteiger partial charge in [0, 0.05) is 5.69 Å². The van der Waals surface area contributed by atoms with Crippen molar-refractivity contribution in [2.24, 2.45) is 0 Å². The van der Waals surface area contributed by atoms with Crippen LogP contribution in [0.2, 0.25) is 0 Å². The van der Waals surface area contributed by atoms with Crippen LogP contribution in [0.1, 0.15) is 51.2 Å². The Hall–Kier alpha value is -3.06. The van der Waals surface area contributed by atoms with Crippen molar-refractivity contribution < 1.29 is 19.1 Å². The number of nitrogens with one attached hydrogen (secondary N) is 1. The van der Waals surface area contributed by atoms with Gasteiger partial charge in [-0.2, -0.15) is 0 Å². The van der Waals surface area contributed by atoms with Crippen LogP contribution in [0.15, 0.2) is 53.4 Å². The molecule has 1 N–H and O–H groups in total. The summed E-state index contributed by atoms with van der Waals surface area (Å²) in [5, 5.41) is 2.28. The van der Waals surface area contributed by atoms with E-state index in [1.807, 2.05) is 55.5 Å². The number of carbonyl (C=O) groups is 3. The molecule has 0 unspecified atom stereocenters. The Morgan fingerprint density at radius 1 is 1.06 bits per heavy atom. The van der Waals surface area contributed by atoms with E-state index in [1.54, 1.807) is 6.08 Å². The second kappa shape index (κ2) is 10.5. The Bertz CT molecular complexity index is 1010. The fourth-order valence-electron chi connectivity index (χ4n) is 3.04. The molecule has 0 bridgehead atoms. The maximum atomic E-state index is 12.7. The number of benzene rings is 2. The van der Waals surface area contributed by atoms with Crippen LogP contribution in [0.3, 0.4) is 0 Å². The van der Waals surface area contributed by atoms with E-state index in [1.165, 1.54) is 5.56 Å². The largest absolute Gasteiger partial charge is 0.491 e. The molecule has 2 aromatic rings. The molecule has 1 atom stereocenters. The zero-order valence-corrected chi connectivity index (χ0v) is 19.6. The van der Waals surface area contributed by atoms with Gasteiger partial charge in [0.1, 0.15) is 12.3 Å². The number of carbonyl (C=O) groups excluding carboxylic acids is 3. The summed E-state index contributed by atoms with van der Waals surface area (Å²) in [6.07, 6.45) is 2.68. The lowest BCUT2D eigenvalue weighted by atomic mass is 10.0. The van der Waals surface area contributed by atoms with E-state index in [-0.39, 0.29) is 12.6 Å². The molecular weight excluding hydrogens is 424 g/mol. The molecule has 0 aliphatic carbocycles. The molecule has 0 radical (unpaired) electrons. The van der Waals surface area contributed by atoms with E-state index < -0.39 is 17.1 Å². The summed E-state index contributed by atoms with van der Waals surface area (Å²) < 4.78 is 5.75.